The molecule has 1 aliphatic heterocycles. The molecule has 0 atom stereocenters. The number of ether oxygens (including phenoxy) is 2. The molecule has 0 amide bonds. The van der Waals surface area contributed by atoms with Gasteiger partial charge in [-0.05, 0) is 37.3 Å². The number of nitrogens with zero attached hydrogens (tertiary/aromatic N) is 2. The van der Waals surface area contributed by atoms with Gasteiger partial charge >= 0.3 is 173 Å². The third-order valence-electron chi connectivity index (χ3n) is 7.55. The van der Waals surface area contributed by atoms with Crippen molar-refractivity contribution in [3.8, 4) is 17.2 Å². The van der Waals surface area contributed by atoms with E-state index < -0.39 is 18.4 Å². The Balaban J connectivity index is 1.21. The summed E-state index contributed by atoms with van der Waals surface area (Å²) in [7, 11) is 0. The van der Waals surface area contributed by atoms with Crippen LogP contribution in [0.25, 0.3) is 11.8 Å². The van der Waals surface area contributed by atoms with Crippen LogP contribution in [-0.2, 0) is 11.2 Å². The second-order valence-electron chi connectivity index (χ2n) is 10.4. The van der Waals surface area contributed by atoms with Gasteiger partial charge in [0.2, 0.25) is 0 Å². The maximum atomic E-state index is 13.6. The van der Waals surface area contributed by atoms with E-state index >= 15 is 0 Å². The van der Waals surface area contributed by atoms with Crippen LogP contribution in [0.3, 0.4) is 0 Å². The molecule has 9 heteroatoms. The van der Waals surface area contributed by atoms with Crippen molar-refractivity contribution in [1.82, 2.24) is 9.78 Å². The van der Waals surface area contributed by atoms with Gasteiger partial charge in [0.25, 0.3) is 0 Å². The van der Waals surface area contributed by atoms with Crippen molar-refractivity contribution < 1.29 is 37.5 Å². The Morgan fingerprint density at radius 2 is 1.83 bits per heavy atom. The zero-order valence-electron chi connectivity index (χ0n) is 22.8. The molecule has 1 aliphatic carbocycles. The van der Waals surface area contributed by atoms with Gasteiger partial charge in [-0.2, -0.15) is 0 Å². The number of hydrogen-bond donors (Lipinski definition) is 1. The Labute approximate surface area is 247 Å². The summed E-state index contributed by atoms with van der Waals surface area (Å²) in [6, 6.07) is 18.6. The number of Topliss-reactive ketones (excluding diaryl/α,β-unsaturated/α-hetero) is 1. The number of allylic oxidation sites excluding steroid dienone is 1. The summed E-state index contributed by atoms with van der Waals surface area (Å²) in [6.45, 7) is 3.29. The molecule has 1 aromatic heterocycles. The number of halogens is 2. The number of nitrogens with two attached hydrogens (primary N) is 1. The number of benzene rings is 3. The summed E-state index contributed by atoms with van der Waals surface area (Å²) >= 11 is 3.52. The van der Waals surface area contributed by atoms with Crippen molar-refractivity contribution in [1.29, 1.82) is 0 Å². The van der Waals surface area contributed by atoms with E-state index in [2.05, 4.69) is 10.0 Å². The molecule has 1 fully saturated rings. The number of alkyl halides is 3. The van der Waals surface area contributed by atoms with Crippen molar-refractivity contribution in [2.45, 2.75) is 13.3 Å². The van der Waals surface area contributed by atoms with Crippen molar-refractivity contribution >= 4 is 33.1 Å². The van der Waals surface area contributed by atoms with Crippen LogP contribution in [0.5, 0.6) is 11.5 Å². The van der Waals surface area contributed by atoms with Crippen LogP contribution in [-0.4, -0.2) is 46.4 Å². The zero-order valence-corrected chi connectivity index (χ0v) is 25.7. The molecule has 41 heavy (non-hydrogen) atoms. The number of ketones is 1. The van der Waals surface area contributed by atoms with Crippen LogP contribution in [0.15, 0.2) is 72.4 Å². The molecule has 0 spiro atoms. The Kier molecular flexibility index (Phi) is 7.48. The third kappa shape index (κ3) is 5.43. The summed E-state index contributed by atoms with van der Waals surface area (Å²) in [4.78, 5) is 29.1. The van der Waals surface area contributed by atoms with E-state index in [0.29, 0.717) is 51.1 Å². The van der Waals surface area contributed by atoms with Crippen LogP contribution in [0.2, 0.25) is 5.02 Å². The van der Waals surface area contributed by atoms with E-state index in [-0.39, 0.29) is 11.6 Å². The van der Waals surface area contributed by atoms with Gasteiger partial charge in [0.05, 0.1) is 0 Å². The first-order valence-electron chi connectivity index (χ1n) is 13.2. The van der Waals surface area contributed by atoms with Crippen molar-refractivity contribution in [2.24, 2.45) is 0 Å². The maximum absolute atomic E-state index is 13.6. The Morgan fingerprint density at radius 3 is 2.59 bits per heavy atom. The Bertz CT molecular complexity index is 1720. The fourth-order valence-corrected chi connectivity index (χ4v) is 11.3. The van der Waals surface area contributed by atoms with Crippen LogP contribution in [0, 0.1) is 6.92 Å². The number of hydrogen-bond acceptors (Lipinski definition) is 6. The zero-order chi connectivity index (χ0) is 28.7. The first kappa shape index (κ1) is 27.7. The standard InChI is InChI=1S/C32H30ClIN3O4/c1-20-14-27(41-26-5-3-4-25(33)18-26)8-9-29(20)37-32(35)28(19-36-37)30(38)24-15-21-6-7-22(16-23(21)17-24)31(39)34(2)10-12-40-13-11-34/h3-9,14,16-19H,10-13,15,35H2,1-2H3/q-1. The summed E-state index contributed by atoms with van der Waals surface area (Å²) < 4.78 is 15.1. The predicted octanol–water partition coefficient (Wildman–Crippen LogP) is 2.99. The number of nitrogen functional groups attached to an aromatic ring is 1. The Hall–Kier alpha value is -3.47. The number of aromatic nitrogens is 2. The fraction of sp³-hybridized carbons (Fsp3) is 0.219. The van der Waals surface area contributed by atoms with E-state index in [1.54, 1.807) is 16.8 Å². The van der Waals surface area contributed by atoms with Crippen molar-refractivity contribution in [3.63, 3.8) is 0 Å². The molecule has 2 heterocycles. The number of carbonyl (C=O) groups is 2. The number of anilines is 1. The molecule has 3 aromatic carbocycles. The average Bonchev–Trinajstić information content (AvgIpc) is 3.56. The van der Waals surface area contributed by atoms with Crippen LogP contribution >= 0.6 is 11.6 Å². The van der Waals surface area contributed by atoms with E-state index in [1.165, 1.54) is 6.20 Å². The van der Waals surface area contributed by atoms with Gasteiger partial charge in [-0.25, -0.2) is 0 Å². The normalized spacial score (nSPS) is 16.5. The number of rotatable bonds is 7. The van der Waals surface area contributed by atoms with E-state index in [0.717, 1.165) is 36.8 Å². The van der Waals surface area contributed by atoms with Crippen molar-refractivity contribution in [3.05, 3.63) is 105 Å². The topological polar surface area (TPSA) is 96.4 Å². The molecule has 6 rings (SSSR count). The molecule has 0 radical (unpaired) electrons. The molecular formula is C32H30ClIN3O4-. The molecule has 212 valence electrons. The molecule has 0 unspecified atom stereocenters. The summed E-state index contributed by atoms with van der Waals surface area (Å²) in [6.07, 6.45) is 3.90. The Morgan fingerprint density at radius 1 is 1.05 bits per heavy atom. The van der Waals surface area contributed by atoms with Gasteiger partial charge in [-0.15, -0.1) is 0 Å². The molecule has 0 bridgehead atoms. The molecule has 2 N–H and O–H groups in total. The summed E-state index contributed by atoms with van der Waals surface area (Å²) in [5.41, 5.74) is 11.8. The van der Waals surface area contributed by atoms with Gasteiger partial charge < -0.3 is 4.74 Å². The SMILES string of the molecule is Cc1cc(Oc2cccc(Cl)c2)ccc1-n1ncc(C(=O)C2=Cc3cc(C(=O)[I-]4(C)CCOCC4)ccc3C2)c1N. The van der Waals surface area contributed by atoms with Gasteiger partial charge in [-0.1, -0.05) is 17.7 Å². The van der Waals surface area contributed by atoms with Crippen LogP contribution < -0.4 is 28.9 Å². The first-order valence-corrected chi connectivity index (χ1v) is 19.9. The number of carbonyl (C=O) groups excluding carboxylic acids is 2. The van der Waals surface area contributed by atoms with Gasteiger partial charge in [0.1, 0.15) is 11.5 Å². The minimum absolute atomic E-state index is 0.162. The molecular weight excluding hydrogens is 653 g/mol. The quantitative estimate of drug-likeness (QED) is 0.140. The molecule has 0 saturated carbocycles. The number of aryl methyl sites for hydroxylation is 1. The second-order valence-corrected chi connectivity index (χ2v) is 20.7. The van der Waals surface area contributed by atoms with Crippen LogP contribution in [0.1, 0.15) is 37.4 Å². The third-order valence-corrected chi connectivity index (χ3v) is 16.4. The molecule has 1 saturated heterocycles. The summed E-state index contributed by atoms with van der Waals surface area (Å²) in [5, 5.41) is 5.04. The first-order chi connectivity index (χ1) is 19.7. The van der Waals surface area contributed by atoms with Gasteiger partial charge in [-0.3, -0.25) is 0 Å². The van der Waals surface area contributed by atoms with E-state index in [9.17, 15) is 9.59 Å². The van der Waals surface area contributed by atoms with Crippen molar-refractivity contribution in [2.75, 3.05) is 32.7 Å². The predicted molar refractivity (Wildman–Crippen MR) is 158 cm³/mol. The second kappa shape index (κ2) is 11.1. The van der Waals surface area contributed by atoms with E-state index in [4.69, 9.17) is 26.8 Å². The molecule has 2 aliphatic rings. The average molecular weight is 683 g/mol. The number of fused-ring (bicyclic) bond motifs is 1. The molecule has 4 aromatic rings. The van der Waals surface area contributed by atoms with E-state index in [1.807, 2.05) is 61.5 Å². The molecule has 7 nitrogen and oxygen atoms in total. The van der Waals surface area contributed by atoms with Crippen LogP contribution in [0.4, 0.5) is 5.82 Å². The minimum atomic E-state index is -2.55. The van der Waals surface area contributed by atoms with Gasteiger partial charge in [0.15, 0.2) is 0 Å². The fourth-order valence-electron chi connectivity index (χ4n) is 5.18. The monoisotopic (exact) mass is 682 g/mol. The summed E-state index contributed by atoms with van der Waals surface area (Å²) in [5.74, 6) is 1.40. The van der Waals surface area contributed by atoms with Gasteiger partial charge in [0, 0.05) is 5.02 Å².